The molecule has 2 aromatic rings. The summed E-state index contributed by atoms with van der Waals surface area (Å²) in [6, 6.07) is 6.26. The molecule has 0 bridgehead atoms. The number of methoxy groups -OCH3 is 1. The lowest BCUT2D eigenvalue weighted by molar-refractivity contribution is 0.0696. The first-order valence-electron chi connectivity index (χ1n) is 5.85. The third-order valence-electron chi connectivity index (χ3n) is 2.67. The number of aromatic nitrogens is 1. The third kappa shape index (κ3) is 3.33. The molecule has 2 rings (SSSR count). The molecule has 0 radical (unpaired) electrons. The lowest BCUT2D eigenvalue weighted by Gasteiger charge is -2.07. The van der Waals surface area contributed by atoms with E-state index in [2.05, 4.69) is 10.3 Å². The Morgan fingerprint density at radius 1 is 1.29 bits per heavy atom. The number of carboxylic acids is 1. The number of hydrogen-bond acceptors (Lipinski definition) is 4. The van der Waals surface area contributed by atoms with Crippen molar-refractivity contribution in [1.82, 2.24) is 4.98 Å². The van der Waals surface area contributed by atoms with Crippen molar-refractivity contribution in [2.24, 2.45) is 0 Å². The van der Waals surface area contributed by atoms with Crippen LogP contribution in [0.2, 0.25) is 0 Å². The van der Waals surface area contributed by atoms with Crippen LogP contribution in [0.25, 0.3) is 0 Å². The Kier molecular flexibility index (Phi) is 4.13. The average Bonchev–Trinajstić information content (AvgIpc) is 2.47. The van der Waals surface area contributed by atoms with Gasteiger partial charge in [-0.3, -0.25) is 4.79 Å². The SMILES string of the molecule is COc1ccc(C(=O)Nc2cc(C(=O)O)ccn2)c(F)c1. The van der Waals surface area contributed by atoms with Crippen LogP contribution in [0, 0.1) is 5.82 Å². The zero-order valence-electron chi connectivity index (χ0n) is 11.0. The van der Waals surface area contributed by atoms with Gasteiger partial charge in [0.2, 0.25) is 0 Å². The van der Waals surface area contributed by atoms with Crippen molar-refractivity contribution in [2.75, 3.05) is 12.4 Å². The Bertz CT molecular complexity index is 703. The summed E-state index contributed by atoms with van der Waals surface area (Å²) >= 11 is 0. The number of carbonyl (C=O) groups is 2. The monoisotopic (exact) mass is 290 g/mol. The Labute approximate surface area is 119 Å². The van der Waals surface area contributed by atoms with Gasteiger partial charge in [-0.05, 0) is 24.3 Å². The molecule has 0 aliphatic carbocycles. The van der Waals surface area contributed by atoms with E-state index in [9.17, 15) is 14.0 Å². The van der Waals surface area contributed by atoms with E-state index in [4.69, 9.17) is 9.84 Å². The minimum absolute atomic E-state index is 0.0233. The molecule has 0 spiro atoms. The maximum atomic E-state index is 13.7. The van der Waals surface area contributed by atoms with E-state index < -0.39 is 17.7 Å². The van der Waals surface area contributed by atoms with Crippen molar-refractivity contribution >= 4 is 17.7 Å². The highest BCUT2D eigenvalue weighted by Gasteiger charge is 2.14. The number of pyridine rings is 1. The fourth-order valence-corrected chi connectivity index (χ4v) is 1.62. The Morgan fingerprint density at radius 2 is 2.05 bits per heavy atom. The number of amides is 1. The molecule has 1 heterocycles. The molecule has 1 aromatic carbocycles. The Hall–Kier alpha value is -2.96. The quantitative estimate of drug-likeness (QED) is 0.901. The van der Waals surface area contributed by atoms with Crippen LogP contribution >= 0.6 is 0 Å². The smallest absolute Gasteiger partial charge is 0.335 e. The van der Waals surface area contributed by atoms with Crippen LogP contribution in [0.5, 0.6) is 5.75 Å². The van der Waals surface area contributed by atoms with Gasteiger partial charge in [0, 0.05) is 12.3 Å². The van der Waals surface area contributed by atoms with Crippen molar-refractivity contribution in [3.63, 3.8) is 0 Å². The third-order valence-corrected chi connectivity index (χ3v) is 2.67. The number of nitrogens with one attached hydrogen (secondary N) is 1. The van der Waals surface area contributed by atoms with Crippen molar-refractivity contribution in [3.8, 4) is 5.75 Å². The maximum Gasteiger partial charge on any atom is 0.335 e. The van der Waals surface area contributed by atoms with Crippen molar-refractivity contribution in [3.05, 3.63) is 53.5 Å². The summed E-state index contributed by atoms with van der Waals surface area (Å²) in [5.74, 6) is -2.32. The second-order valence-corrected chi connectivity index (χ2v) is 4.03. The van der Waals surface area contributed by atoms with E-state index in [1.165, 1.54) is 37.6 Å². The number of carboxylic acid groups (broad SMARTS) is 1. The zero-order chi connectivity index (χ0) is 15.4. The van der Waals surface area contributed by atoms with Crippen LogP contribution in [-0.4, -0.2) is 29.1 Å². The number of benzene rings is 1. The van der Waals surface area contributed by atoms with E-state index in [0.29, 0.717) is 0 Å². The predicted molar refractivity (Wildman–Crippen MR) is 72.1 cm³/mol. The fourth-order valence-electron chi connectivity index (χ4n) is 1.62. The molecule has 0 saturated carbocycles. The molecule has 108 valence electrons. The highest BCUT2D eigenvalue weighted by Crippen LogP contribution is 2.17. The minimum Gasteiger partial charge on any atom is -0.497 e. The van der Waals surface area contributed by atoms with E-state index in [1.54, 1.807) is 0 Å². The van der Waals surface area contributed by atoms with Gasteiger partial charge >= 0.3 is 5.97 Å². The molecule has 2 N–H and O–H groups in total. The van der Waals surface area contributed by atoms with Crippen LogP contribution in [0.15, 0.2) is 36.5 Å². The van der Waals surface area contributed by atoms with Gasteiger partial charge in [-0.25, -0.2) is 14.2 Å². The standard InChI is InChI=1S/C14H11FN2O4/c1-21-9-2-3-10(11(15)7-9)13(18)17-12-6-8(14(19)20)4-5-16-12/h2-7H,1H3,(H,19,20)(H,16,17,18). The number of rotatable bonds is 4. The molecule has 1 amide bonds. The number of hydrogen-bond donors (Lipinski definition) is 2. The van der Waals surface area contributed by atoms with Crippen molar-refractivity contribution in [2.45, 2.75) is 0 Å². The first-order chi connectivity index (χ1) is 10.0. The zero-order valence-corrected chi connectivity index (χ0v) is 11.0. The number of ether oxygens (including phenoxy) is 1. The second-order valence-electron chi connectivity index (χ2n) is 4.03. The molecule has 0 saturated heterocycles. The molecule has 0 atom stereocenters. The molecule has 1 aromatic heterocycles. The molecule has 7 heteroatoms. The van der Waals surface area contributed by atoms with E-state index in [1.807, 2.05) is 0 Å². The maximum absolute atomic E-state index is 13.7. The summed E-state index contributed by atoms with van der Waals surface area (Å²) in [6.07, 6.45) is 1.24. The normalized spacial score (nSPS) is 10.0. The molecule has 0 unspecified atom stereocenters. The fraction of sp³-hybridized carbons (Fsp3) is 0.0714. The number of anilines is 1. The molecule has 0 fully saturated rings. The van der Waals surface area contributed by atoms with Crippen LogP contribution in [-0.2, 0) is 0 Å². The summed E-state index contributed by atoms with van der Waals surface area (Å²) in [5, 5.41) is 11.2. The predicted octanol–water partition coefficient (Wildman–Crippen LogP) is 2.18. The topological polar surface area (TPSA) is 88.5 Å². The van der Waals surface area contributed by atoms with Crippen molar-refractivity contribution in [1.29, 1.82) is 0 Å². The first-order valence-corrected chi connectivity index (χ1v) is 5.85. The summed E-state index contributed by atoms with van der Waals surface area (Å²) < 4.78 is 18.6. The molecule has 0 aliphatic heterocycles. The Balaban J connectivity index is 2.22. The van der Waals surface area contributed by atoms with Gasteiger partial charge < -0.3 is 15.2 Å². The van der Waals surface area contributed by atoms with Gasteiger partial charge in [0.1, 0.15) is 17.4 Å². The summed E-state index contributed by atoms with van der Waals surface area (Å²) in [5.41, 5.74) is -0.228. The lowest BCUT2D eigenvalue weighted by Crippen LogP contribution is -2.15. The van der Waals surface area contributed by atoms with Gasteiger partial charge in [0.25, 0.3) is 5.91 Å². The van der Waals surface area contributed by atoms with Gasteiger partial charge in [0.15, 0.2) is 0 Å². The van der Waals surface area contributed by atoms with E-state index in [0.717, 1.165) is 6.07 Å². The summed E-state index contributed by atoms with van der Waals surface area (Å²) in [7, 11) is 1.38. The number of halogens is 1. The van der Waals surface area contributed by atoms with E-state index in [-0.39, 0.29) is 22.7 Å². The second kappa shape index (κ2) is 6.00. The Morgan fingerprint density at radius 3 is 2.67 bits per heavy atom. The molecular formula is C14H11FN2O4. The molecule has 21 heavy (non-hydrogen) atoms. The average molecular weight is 290 g/mol. The summed E-state index contributed by atoms with van der Waals surface area (Å²) in [6.45, 7) is 0. The van der Waals surface area contributed by atoms with Gasteiger partial charge in [-0.1, -0.05) is 0 Å². The lowest BCUT2D eigenvalue weighted by atomic mass is 10.2. The van der Waals surface area contributed by atoms with Gasteiger partial charge in [-0.2, -0.15) is 0 Å². The molecule has 6 nitrogen and oxygen atoms in total. The molecular weight excluding hydrogens is 279 g/mol. The van der Waals surface area contributed by atoms with E-state index >= 15 is 0 Å². The molecule has 0 aliphatic rings. The van der Waals surface area contributed by atoms with Crippen LogP contribution in [0.3, 0.4) is 0 Å². The number of aromatic carboxylic acids is 1. The van der Waals surface area contributed by atoms with Gasteiger partial charge in [-0.15, -0.1) is 0 Å². The van der Waals surface area contributed by atoms with Crippen LogP contribution < -0.4 is 10.1 Å². The van der Waals surface area contributed by atoms with Crippen LogP contribution in [0.4, 0.5) is 10.2 Å². The van der Waals surface area contributed by atoms with Crippen LogP contribution in [0.1, 0.15) is 20.7 Å². The summed E-state index contributed by atoms with van der Waals surface area (Å²) in [4.78, 5) is 26.6. The first kappa shape index (κ1) is 14.4. The minimum atomic E-state index is -1.15. The highest BCUT2D eigenvalue weighted by atomic mass is 19.1. The highest BCUT2D eigenvalue weighted by molar-refractivity contribution is 6.04. The number of carbonyl (C=O) groups excluding carboxylic acids is 1. The number of nitrogens with zero attached hydrogens (tertiary/aromatic N) is 1. The largest absolute Gasteiger partial charge is 0.497 e. The van der Waals surface area contributed by atoms with Gasteiger partial charge in [0.05, 0.1) is 18.2 Å². The van der Waals surface area contributed by atoms with Crippen molar-refractivity contribution < 1.29 is 23.8 Å².